The summed E-state index contributed by atoms with van der Waals surface area (Å²) in [6.45, 7) is 2.10. The van der Waals surface area contributed by atoms with E-state index in [1.165, 1.54) is 0 Å². The molecule has 1 fully saturated rings. The number of hydrogen-bond donors (Lipinski definition) is 1. The third kappa shape index (κ3) is 1.97. The quantitative estimate of drug-likeness (QED) is 0.914. The number of benzene rings is 1. The molecule has 2 aliphatic heterocycles. The number of amides is 1. The van der Waals surface area contributed by atoms with Crippen molar-refractivity contribution in [1.82, 2.24) is 14.4 Å². The lowest BCUT2D eigenvalue weighted by atomic mass is 9.95. The zero-order valence-electron chi connectivity index (χ0n) is 12.9. The fourth-order valence-corrected chi connectivity index (χ4v) is 3.96. The first-order chi connectivity index (χ1) is 11.1. The molecule has 1 amide bonds. The predicted octanol–water partition coefficient (Wildman–Crippen LogP) is 1.89. The van der Waals surface area contributed by atoms with E-state index in [1.807, 2.05) is 47.0 Å². The minimum atomic E-state index is -0.500. The van der Waals surface area contributed by atoms with E-state index in [1.54, 1.807) is 6.07 Å². The molecule has 2 aromatic rings. The monoisotopic (exact) mass is 331 g/mol. The number of aromatic nitrogens is 1. The topological polar surface area (TPSA) is 48.7 Å². The molecule has 0 saturated carbocycles. The number of aliphatic hydroxyl groups is 1. The summed E-state index contributed by atoms with van der Waals surface area (Å²) in [4.78, 5) is 17.1. The van der Waals surface area contributed by atoms with Crippen LogP contribution in [0.3, 0.4) is 0 Å². The lowest BCUT2D eigenvalue weighted by Crippen LogP contribution is -2.57. The van der Waals surface area contributed by atoms with E-state index < -0.39 is 5.66 Å². The summed E-state index contributed by atoms with van der Waals surface area (Å²) in [7, 11) is 2.04. The number of carbonyl (C=O) groups excluding carboxylic acids is 1. The van der Waals surface area contributed by atoms with E-state index in [0.29, 0.717) is 23.8 Å². The molecule has 23 heavy (non-hydrogen) atoms. The van der Waals surface area contributed by atoms with Crippen LogP contribution >= 0.6 is 11.6 Å². The Morgan fingerprint density at radius 2 is 2.00 bits per heavy atom. The Bertz CT molecular complexity index is 771. The molecular formula is C17H18ClN3O2. The van der Waals surface area contributed by atoms with Gasteiger partial charge in [0, 0.05) is 24.3 Å². The van der Waals surface area contributed by atoms with Crippen LogP contribution in [-0.2, 0) is 18.8 Å². The van der Waals surface area contributed by atoms with Gasteiger partial charge in [0.05, 0.1) is 13.2 Å². The molecule has 0 aliphatic carbocycles. The van der Waals surface area contributed by atoms with Crippen LogP contribution in [0.25, 0.3) is 0 Å². The van der Waals surface area contributed by atoms with Crippen LogP contribution in [0.5, 0.6) is 0 Å². The van der Waals surface area contributed by atoms with E-state index in [9.17, 15) is 9.90 Å². The Morgan fingerprint density at radius 1 is 1.26 bits per heavy atom. The second kappa shape index (κ2) is 5.09. The minimum absolute atomic E-state index is 0.00949. The third-order valence-corrected chi connectivity index (χ3v) is 5.29. The Labute approximate surface area is 139 Å². The summed E-state index contributed by atoms with van der Waals surface area (Å²) in [5.41, 5.74) is 1.97. The molecule has 0 radical (unpaired) electrons. The maximum absolute atomic E-state index is 13.0. The molecule has 1 atom stereocenters. The van der Waals surface area contributed by atoms with Crippen molar-refractivity contribution in [3.8, 4) is 0 Å². The molecule has 2 aliphatic rings. The van der Waals surface area contributed by atoms with Crippen LogP contribution in [0.1, 0.15) is 21.6 Å². The zero-order valence-corrected chi connectivity index (χ0v) is 13.6. The number of fused-ring (bicyclic) bond motifs is 2. The first kappa shape index (κ1) is 14.8. The van der Waals surface area contributed by atoms with Crippen molar-refractivity contribution >= 4 is 17.5 Å². The number of nitrogens with zero attached hydrogens (tertiary/aromatic N) is 3. The Morgan fingerprint density at radius 3 is 2.70 bits per heavy atom. The number of hydrogen-bond acceptors (Lipinski definition) is 3. The standard InChI is InChI=1S/C17H18ClN3O2/c1-19-6-7-21-16(23)15-8-12(10-22)9-20(15)11-17(19,21)13-2-4-14(18)5-3-13/h2-5,8-9,22H,6-7,10-11H2,1H3. The van der Waals surface area contributed by atoms with Gasteiger partial charge in [-0.05, 0) is 36.4 Å². The summed E-state index contributed by atoms with van der Waals surface area (Å²) < 4.78 is 1.96. The van der Waals surface area contributed by atoms with Gasteiger partial charge in [-0.25, -0.2) is 0 Å². The third-order valence-electron chi connectivity index (χ3n) is 5.03. The van der Waals surface area contributed by atoms with Crippen LogP contribution in [0, 0.1) is 0 Å². The first-order valence-corrected chi connectivity index (χ1v) is 8.03. The average Bonchev–Trinajstić information content (AvgIpc) is 3.11. The molecule has 1 saturated heterocycles. The van der Waals surface area contributed by atoms with Crippen LogP contribution in [-0.4, -0.2) is 45.5 Å². The molecule has 6 heteroatoms. The van der Waals surface area contributed by atoms with E-state index in [2.05, 4.69) is 4.90 Å². The molecule has 120 valence electrons. The highest BCUT2D eigenvalue weighted by Crippen LogP contribution is 2.42. The second-order valence-electron chi connectivity index (χ2n) is 6.22. The summed E-state index contributed by atoms with van der Waals surface area (Å²) in [6.07, 6.45) is 1.87. The van der Waals surface area contributed by atoms with E-state index in [0.717, 1.165) is 17.7 Å². The molecule has 1 unspecified atom stereocenters. The highest BCUT2D eigenvalue weighted by molar-refractivity contribution is 6.30. The molecule has 0 spiro atoms. The summed E-state index contributed by atoms with van der Waals surface area (Å²) >= 11 is 6.03. The number of carbonyl (C=O) groups is 1. The van der Waals surface area contributed by atoms with E-state index >= 15 is 0 Å². The Balaban J connectivity index is 1.88. The van der Waals surface area contributed by atoms with Crippen molar-refractivity contribution in [2.24, 2.45) is 0 Å². The van der Waals surface area contributed by atoms with Crippen molar-refractivity contribution in [3.05, 3.63) is 58.4 Å². The maximum Gasteiger partial charge on any atom is 0.272 e. The lowest BCUT2D eigenvalue weighted by molar-refractivity contribution is -0.00124. The van der Waals surface area contributed by atoms with Gasteiger partial charge < -0.3 is 14.6 Å². The Hall–Kier alpha value is -1.82. The molecule has 5 nitrogen and oxygen atoms in total. The summed E-state index contributed by atoms with van der Waals surface area (Å²) in [5, 5.41) is 10.1. The molecule has 1 aromatic heterocycles. The number of rotatable bonds is 2. The normalized spacial score (nSPS) is 24.0. The zero-order chi connectivity index (χ0) is 16.2. The highest BCUT2D eigenvalue weighted by atomic mass is 35.5. The van der Waals surface area contributed by atoms with Gasteiger partial charge in [-0.2, -0.15) is 0 Å². The van der Waals surface area contributed by atoms with Crippen molar-refractivity contribution < 1.29 is 9.90 Å². The average molecular weight is 332 g/mol. The van der Waals surface area contributed by atoms with Gasteiger partial charge in [-0.3, -0.25) is 9.69 Å². The summed E-state index contributed by atoms with van der Waals surface area (Å²) in [6, 6.07) is 9.50. The van der Waals surface area contributed by atoms with Crippen molar-refractivity contribution in [2.45, 2.75) is 18.8 Å². The van der Waals surface area contributed by atoms with Crippen LogP contribution in [0.15, 0.2) is 36.5 Å². The molecule has 0 bridgehead atoms. The molecule has 4 rings (SSSR count). The van der Waals surface area contributed by atoms with Gasteiger partial charge in [0.25, 0.3) is 5.91 Å². The number of likely N-dealkylation sites (N-methyl/N-ethyl adjacent to an activating group) is 1. The van der Waals surface area contributed by atoms with Gasteiger partial charge in [-0.1, -0.05) is 23.7 Å². The van der Waals surface area contributed by atoms with Crippen molar-refractivity contribution in [2.75, 3.05) is 20.1 Å². The SMILES string of the molecule is CN1CCN2C(=O)c3cc(CO)cn3CC12c1ccc(Cl)cc1. The molecule has 1 aromatic carbocycles. The number of halogens is 1. The van der Waals surface area contributed by atoms with Crippen LogP contribution in [0.4, 0.5) is 0 Å². The largest absolute Gasteiger partial charge is 0.392 e. The molecule has 3 heterocycles. The predicted molar refractivity (Wildman–Crippen MR) is 87.2 cm³/mol. The first-order valence-electron chi connectivity index (χ1n) is 7.65. The summed E-state index contributed by atoms with van der Waals surface area (Å²) in [5.74, 6) is 0.00949. The van der Waals surface area contributed by atoms with Crippen LogP contribution < -0.4 is 0 Å². The van der Waals surface area contributed by atoms with Crippen molar-refractivity contribution in [1.29, 1.82) is 0 Å². The maximum atomic E-state index is 13.0. The van der Waals surface area contributed by atoms with Gasteiger partial charge in [0.2, 0.25) is 0 Å². The van der Waals surface area contributed by atoms with Crippen molar-refractivity contribution in [3.63, 3.8) is 0 Å². The fourth-order valence-electron chi connectivity index (χ4n) is 3.83. The van der Waals surface area contributed by atoms with Crippen LogP contribution in [0.2, 0.25) is 5.02 Å². The lowest BCUT2D eigenvalue weighted by Gasteiger charge is -2.46. The fraction of sp³-hybridized carbons (Fsp3) is 0.353. The van der Waals surface area contributed by atoms with Gasteiger partial charge in [0.1, 0.15) is 11.4 Å². The van der Waals surface area contributed by atoms with E-state index in [4.69, 9.17) is 11.6 Å². The highest BCUT2D eigenvalue weighted by Gasteiger charge is 2.52. The molecule has 1 N–H and O–H groups in total. The second-order valence-corrected chi connectivity index (χ2v) is 6.66. The Kier molecular flexibility index (Phi) is 3.27. The smallest absolute Gasteiger partial charge is 0.272 e. The van der Waals surface area contributed by atoms with Gasteiger partial charge in [-0.15, -0.1) is 0 Å². The minimum Gasteiger partial charge on any atom is -0.392 e. The van der Waals surface area contributed by atoms with Gasteiger partial charge >= 0.3 is 0 Å². The number of aliphatic hydroxyl groups excluding tert-OH is 1. The molecular weight excluding hydrogens is 314 g/mol. The van der Waals surface area contributed by atoms with Gasteiger partial charge in [0.15, 0.2) is 0 Å². The van der Waals surface area contributed by atoms with E-state index in [-0.39, 0.29) is 12.5 Å².